The molecule has 0 aromatic carbocycles. The Morgan fingerprint density at radius 3 is 2.67 bits per heavy atom. The summed E-state index contributed by atoms with van der Waals surface area (Å²) in [6, 6.07) is 0. The lowest BCUT2D eigenvalue weighted by Gasteiger charge is -2.20. The maximum absolute atomic E-state index is 11.0. The molecule has 0 aromatic heterocycles. The molecule has 0 aliphatic heterocycles. The summed E-state index contributed by atoms with van der Waals surface area (Å²) in [5.41, 5.74) is -1.59. The van der Waals surface area contributed by atoms with Crippen LogP contribution in [0.15, 0.2) is 24.0 Å². The number of carbonyl (C=O) groups is 2. The maximum atomic E-state index is 11.0. The Morgan fingerprint density at radius 2 is 2.25 bits per heavy atom. The number of aliphatic hydroxyl groups excluding tert-OH is 1. The predicted molar refractivity (Wildman–Crippen MR) is 40.5 cm³/mol. The van der Waals surface area contributed by atoms with E-state index in [2.05, 4.69) is 0 Å². The second kappa shape index (κ2) is 2.91. The second-order valence-corrected chi connectivity index (χ2v) is 2.63. The molecule has 4 heteroatoms. The van der Waals surface area contributed by atoms with E-state index in [0.29, 0.717) is 12.5 Å². The lowest BCUT2D eigenvalue weighted by atomic mass is 9.89. The van der Waals surface area contributed by atoms with Gasteiger partial charge >= 0.3 is 0 Å². The molecule has 1 aliphatic rings. The highest BCUT2D eigenvalue weighted by Crippen LogP contribution is 2.20. The van der Waals surface area contributed by atoms with E-state index in [1.165, 1.54) is 12.2 Å². The zero-order valence-corrected chi connectivity index (χ0v) is 6.23. The summed E-state index contributed by atoms with van der Waals surface area (Å²) in [6.45, 7) is 0. The number of aliphatic hydroxyl groups is 2. The van der Waals surface area contributed by atoms with Crippen LogP contribution in [-0.2, 0) is 9.59 Å². The van der Waals surface area contributed by atoms with Crippen LogP contribution in [-0.4, -0.2) is 27.9 Å². The van der Waals surface area contributed by atoms with Crippen LogP contribution in [0.5, 0.6) is 0 Å². The minimum absolute atomic E-state index is 0.0986. The molecule has 0 radical (unpaired) electrons. The molecule has 0 fully saturated rings. The largest absolute Gasteiger partial charge is 0.515 e. The molecule has 1 aliphatic carbocycles. The smallest absolute Gasteiger partial charge is 0.169 e. The first-order valence-electron chi connectivity index (χ1n) is 3.37. The summed E-state index contributed by atoms with van der Waals surface area (Å²) in [5, 5.41) is 17.8. The van der Waals surface area contributed by atoms with Crippen molar-refractivity contribution >= 4 is 12.1 Å². The van der Waals surface area contributed by atoms with E-state index in [-0.39, 0.29) is 12.0 Å². The number of Topliss-reactive ketones (excluding diaryl/α,β-unsaturated/α-hetero) is 1. The van der Waals surface area contributed by atoms with Crippen LogP contribution >= 0.6 is 0 Å². The molecule has 1 unspecified atom stereocenters. The molecule has 4 nitrogen and oxygen atoms in total. The normalized spacial score (nSPS) is 32.4. The average Bonchev–Trinajstić information content (AvgIpc) is 2.05. The van der Waals surface area contributed by atoms with Crippen molar-refractivity contribution in [1.82, 2.24) is 0 Å². The summed E-state index contributed by atoms with van der Waals surface area (Å²) in [4.78, 5) is 21.3. The highest BCUT2D eigenvalue weighted by atomic mass is 16.3. The molecule has 64 valence electrons. The first-order chi connectivity index (χ1) is 5.61. The van der Waals surface area contributed by atoms with Crippen molar-refractivity contribution in [2.45, 2.75) is 12.0 Å². The van der Waals surface area contributed by atoms with Gasteiger partial charge in [-0.05, 0) is 12.2 Å². The molecular weight excluding hydrogens is 160 g/mol. The summed E-state index contributed by atoms with van der Waals surface area (Å²) in [6.07, 6.45) is 3.06. The summed E-state index contributed by atoms with van der Waals surface area (Å²) in [7, 11) is 0. The van der Waals surface area contributed by atoms with Crippen LogP contribution in [0.4, 0.5) is 0 Å². The van der Waals surface area contributed by atoms with Gasteiger partial charge < -0.3 is 10.2 Å². The van der Waals surface area contributed by atoms with Gasteiger partial charge in [0.25, 0.3) is 0 Å². The molecule has 0 aromatic rings. The van der Waals surface area contributed by atoms with Gasteiger partial charge in [-0.15, -0.1) is 0 Å². The molecule has 1 rings (SSSR count). The van der Waals surface area contributed by atoms with E-state index in [4.69, 9.17) is 5.11 Å². The Hall–Kier alpha value is -1.42. The lowest BCUT2D eigenvalue weighted by molar-refractivity contribution is -0.128. The van der Waals surface area contributed by atoms with E-state index in [1.54, 1.807) is 0 Å². The second-order valence-electron chi connectivity index (χ2n) is 2.63. The SMILES string of the molecule is O=CC1(O)C=C/C(=C\O)C(=O)C1. The third-order valence-electron chi connectivity index (χ3n) is 1.66. The number of aldehydes is 1. The number of carbonyl (C=O) groups excluding carboxylic acids is 2. The molecule has 2 N–H and O–H groups in total. The van der Waals surface area contributed by atoms with Crippen molar-refractivity contribution in [3.63, 3.8) is 0 Å². The highest BCUT2D eigenvalue weighted by Gasteiger charge is 2.31. The first-order valence-corrected chi connectivity index (χ1v) is 3.37. The Balaban J connectivity index is 2.98. The molecule has 0 saturated heterocycles. The van der Waals surface area contributed by atoms with Crippen LogP contribution in [0.25, 0.3) is 0 Å². The monoisotopic (exact) mass is 168 g/mol. The van der Waals surface area contributed by atoms with E-state index in [9.17, 15) is 14.7 Å². The molecule has 0 heterocycles. The van der Waals surface area contributed by atoms with Crippen LogP contribution in [0.3, 0.4) is 0 Å². The minimum atomic E-state index is -1.69. The number of ketones is 1. The van der Waals surface area contributed by atoms with Crippen molar-refractivity contribution in [1.29, 1.82) is 0 Å². The Bertz CT molecular complexity index is 277. The fourth-order valence-electron chi connectivity index (χ4n) is 0.941. The van der Waals surface area contributed by atoms with E-state index >= 15 is 0 Å². The number of hydrogen-bond donors (Lipinski definition) is 2. The maximum Gasteiger partial charge on any atom is 0.169 e. The molecule has 0 amide bonds. The third-order valence-corrected chi connectivity index (χ3v) is 1.66. The van der Waals surface area contributed by atoms with Gasteiger partial charge in [0, 0.05) is 0 Å². The number of allylic oxidation sites excluding steroid dienone is 2. The van der Waals surface area contributed by atoms with Gasteiger partial charge in [0.05, 0.1) is 18.3 Å². The van der Waals surface area contributed by atoms with Crippen molar-refractivity contribution in [2.75, 3.05) is 0 Å². The minimum Gasteiger partial charge on any atom is -0.515 e. The fourth-order valence-corrected chi connectivity index (χ4v) is 0.941. The standard InChI is InChI=1S/C8H8O4/c9-4-6-1-2-8(12,5-10)3-7(6)11/h1-2,4-5,9,12H,3H2/b6-4+. The van der Waals surface area contributed by atoms with Gasteiger partial charge in [-0.1, -0.05) is 0 Å². The van der Waals surface area contributed by atoms with Gasteiger partial charge in [0.1, 0.15) is 5.60 Å². The summed E-state index contributed by atoms with van der Waals surface area (Å²) < 4.78 is 0. The van der Waals surface area contributed by atoms with E-state index < -0.39 is 11.4 Å². The van der Waals surface area contributed by atoms with Gasteiger partial charge in [0.15, 0.2) is 12.1 Å². The van der Waals surface area contributed by atoms with Crippen molar-refractivity contribution in [2.24, 2.45) is 0 Å². The van der Waals surface area contributed by atoms with Crippen LogP contribution in [0, 0.1) is 0 Å². The molecule has 1 atom stereocenters. The van der Waals surface area contributed by atoms with Crippen LogP contribution in [0.2, 0.25) is 0 Å². The van der Waals surface area contributed by atoms with Crippen molar-refractivity contribution < 1.29 is 19.8 Å². The van der Waals surface area contributed by atoms with Gasteiger partial charge in [-0.3, -0.25) is 9.59 Å². The molecule has 0 spiro atoms. The van der Waals surface area contributed by atoms with Gasteiger partial charge in [-0.2, -0.15) is 0 Å². The van der Waals surface area contributed by atoms with Crippen molar-refractivity contribution in [3.05, 3.63) is 24.0 Å². The van der Waals surface area contributed by atoms with E-state index in [1.807, 2.05) is 0 Å². The Kier molecular flexibility index (Phi) is 2.10. The molecular formula is C8H8O4. The van der Waals surface area contributed by atoms with E-state index in [0.717, 1.165) is 0 Å². The quantitative estimate of drug-likeness (QED) is 0.325. The van der Waals surface area contributed by atoms with Crippen molar-refractivity contribution in [3.8, 4) is 0 Å². The lowest BCUT2D eigenvalue weighted by Crippen LogP contribution is -2.34. The Labute approximate surface area is 68.8 Å². The van der Waals surface area contributed by atoms with Gasteiger partial charge in [-0.25, -0.2) is 0 Å². The molecule has 12 heavy (non-hydrogen) atoms. The zero-order chi connectivity index (χ0) is 9.19. The zero-order valence-electron chi connectivity index (χ0n) is 6.23. The van der Waals surface area contributed by atoms with Crippen LogP contribution < -0.4 is 0 Å². The first kappa shape index (κ1) is 8.67. The van der Waals surface area contributed by atoms with Gasteiger partial charge in [0.2, 0.25) is 0 Å². The summed E-state index contributed by atoms with van der Waals surface area (Å²) >= 11 is 0. The van der Waals surface area contributed by atoms with Crippen LogP contribution in [0.1, 0.15) is 6.42 Å². The third kappa shape index (κ3) is 1.43. The topological polar surface area (TPSA) is 74.6 Å². The summed E-state index contributed by atoms with van der Waals surface area (Å²) in [5.74, 6) is -0.449. The Morgan fingerprint density at radius 1 is 1.58 bits per heavy atom. The predicted octanol–water partition coefficient (Wildman–Crippen LogP) is -0.113. The highest BCUT2D eigenvalue weighted by molar-refractivity contribution is 6.02. The number of rotatable bonds is 1. The molecule has 0 bridgehead atoms. The molecule has 0 saturated carbocycles. The average molecular weight is 168 g/mol. The number of hydrogen-bond acceptors (Lipinski definition) is 4. The fraction of sp³-hybridized carbons (Fsp3) is 0.250.